The molecule has 0 nitrogen and oxygen atoms in total. The van der Waals surface area contributed by atoms with E-state index >= 15 is 0 Å². The molecule has 0 bridgehead atoms. The number of halogens is 1. The summed E-state index contributed by atoms with van der Waals surface area (Å²) in [6.07, 6.45) is 0. The molecule has 2 heteroatoms. The minimum atomic E-state index is 0.415. The van der Waals surface area contributed by atoms with Gasteiger partial charge in [0.25, 0.3) is 0 Å². The zero-order valence-electron chi connectivity index (χ0n) is 4.73. The molecular weight excluding hydrogens is 152 g/mol. The van der Waals surface area contributed by atoms with E-state index in [2.05, 4.69) is 11.8 Å². The van der Waals surface area contributed by atoms with Crippen molar-refractivity contribution in [1.29, 1.82) is 0 Å². The SMILES string of the molecule is ClCC#Cc1cccs1. The molecule has 9 heavy (non-hydrogen) atoms. The highest BCUT2D eigenvalue weighted by Gasteiger charge is 1.81. The van der Waals surface area contributed by atoms with Crippen molar-refractivity contribution in [3.05, 3.63) is 22.4 Å². The summed E-state index contributed by atoms with van der Waals surface area (Å²) in [7, 11) is 0. The molecule has 0 unspecified atom stereocenters. The Morgan fingerprint density at radius 2 is 2.56 bits per heavy atom. The van der Waals surface area contributed by atoms with Gasteiger partial charge in [0, 0.05) is 0 Å². The maximum absolute atomic E-state index is 5.35. The summed E-state index contributed by atoms with van der Waals surface area (Å²) in [4.78, 5) is 1.08. The van der Waals surface area contributed by atoms with Crippen molar-refractivity contribution in [3.63, 3.8) is 0 Å². The topological polar surface area (TPSA) is 0 Å². The molecule has 0 aromatic carbocycles. The molecule has 0 aliphatic rings. The Hall–Kier alpha value is -0.450. The summed E-state index contributed by atoms with van der Waals surface area (Å²) in [6.45, 7) is 0. The van der Waals surface area contributed by atoms with Crippen LogP contribution in [0.3, 0.4) is 0 Å². The molecule has 1 aromatic heterocycles. The van der Waals surface area contributed by atoms with Gasteiger partial charge in [0.15, 0.2) is 0 Å². The van der Waals surface area contributed by atoms with Crippen LogP contribution in [0, 0.1) is 11.8 Å². The van der Waals surface area contributed by atoms with Crippen LogP contribution >= 0.6 is 22.9 Å². The number of alkyl halides is 1. The molecule has 0 radical (unpaired) electrons. The number of hydrogen-bond donors (Lipinski definition) is 0. The first kappa shape index (κ1) is 6.67. The van der Waals surface area contributed by atoms with E-state index in [0.717, 1.165) is 4.88 Å². The minimum absolute atomic E-state index is 0.415. The fourth-order valence-electron chi connectivity index (χ4n) is 0.470. The largest absolute Gasteiger partial charge is 0.135 e. The molecule has 1 heterocycles. The maximum Gasteiger partial charge on any atom is 0.0839 e. The summed E-state index contributed by atoms with van der Waals surface area (Å²) >= 11 is 6.98. The lowest BCUT2D eigenvalue weighted by atomic mass is 10.5. The second-order valence-electron chi connectivity index (χ2n) is 1.41. The Balaban J connectivity index is 2.67. The predicted octanol–water partition coefficient (Wildman–Crippen LogP) is 2.34. The normalized spacial score (nSPS) is 8.11. The summed E-state index contributed by atoms with van der Waals surface area (Å²) in [5.41, 5.74) is 0. The molecule has 1 rings (SSSR count). The maximum atomic E-state index is 5.35. The van der Waals surface area contributed by atoms with Crippen LogP contribution in [-0.4, -0.2) is 5.88 Å². The number of rotatable bonds is 0. The highest BCUT2D eigenvalue weighted by molar-refractivity contribution is 7.10. The van der Waals surface area contributed by atoms with Gasteiger partial charge in [-0.05, 0) is 11.4 Å². The van der Waals surface area contributed by atoms with Crippen LogP contribution in [0.25, 0.3) is 0 Å². The third-order valence-electron chi connectivity index (χ3n) is 0.800. The van der Waals surface area contributed by atoms with Gasteiger partial charge in [-0.15, -0.1) is 22.9 Å². The number of thiophene rings is 1. The van der Waals surface area contributed by atoms with Crippen molar-refractivity contribution in [2.75, 3.05) is 5.88 Å². The van der Waals surface area contributed by atoms with Gasteiger partial charge >= 0.3 is 0 Å². The first-order valence-electron chi connectivity index (χ1n) is 2.52. The Kier molecular flexibility index (Phi) is 2.63. The van der Waals surface area contributed by atoms with Crippen molar-refractivity contribution in [1.82, 2.24) is 0 Å². The monoisotopic (exact) mass is 156 g/mol. The molecule has 0 fully saturated rings. The lowest BCUT2D eigenvalue weighted by molar-refractivity contribution is 1.87. The molecule has 0 N–H and O–H groups in total. The van der Waals surface area contributed by atoms with Crippen LogP contribution in [0.5, 0.6) is 0 Å². The molecule has 0 saturated carbocycles. The Morgan fingerprint density at radius 1 is 1.67 bits per heavy atom. The van der Waals surface area contributed by atoms with Gasteiger partial charge in [-0.1, -0.05) is 17.9 Å². The van der Waals surface area contributed by atoms with Crippen molar-refractivity contribution in [2.45, 2.75) is 0 Å². The third kappa shape index (κ3) is 2.09. The lowest BCUT2D eigenvalue weighted by Crippen LogP contribution is -1.61. The standard InChI is InChI=1S/C7H5ClS/c8-5-1-3-7-4-2-6-9-7/h2,4,6H,5H2. The Labute approximate surface area is 63.5 Å². The van der Waals surface area contributed by atoms with Crippen LogP contribution in [0.2, 0.25) is 0 Å². The van der Waals surface area contributed by atoms with E-state index in [1.54, 1.807) is 11.3 Å². The molecular formula is C7H5ClS. The van der Waals surface area contributed by atoms with Gasteiger partial charge in [-0.2, -0.15) is 0 Å². The fraction of sp³-hybridized carbons (Fsp3) is 0.143. The van der Waals surface area contributed by atoms with Crippen LogP contribution in [0.15, 0.2) is 17.5 Å². The first-order valence-corrected chi connectivity index (χ1v) is 3.93. The average Bonchev–Trinajstić information content (AvgIpc) is 2.34. The van der Waals surface area contributed by atoms with Gasteiger partial charge in [-0.3, -0.25) is 0 Å². The van der Waals surface area contributed by atoms with Gasteiger partial charge in [0.2, 0.25) is 0 Å². The van der Waals surface area contributed by atoms with Gasteiger partial charge in [-0.25, -0.2) is 0 Å². The number of hydrogen-bond acceptors (Lipinski definition) is 1. The van der Waals surface area contributed by atoms with Gasteiger partial charge in [0.05, 0.1) is 10.8 Å². The quantitative estimate of drug-likeness (QED) is 0.400. The highest BCUT2D eigenvalue weighted by atomic mass is 35.5. The molecule has 0 aliphatic heterocycles. The van der Waals surface area contributed by atoms with E-state index in [1.807, 2.05) is 17.5 Å². The highest BCUT2D eigenvalue weighted by Crippen LogP contribution is 2.05. The van der Waals surface area contributed by atoms with Crippen molar-refractivity contribution in [2.24, 2.45) is 0 Å². The third-order valence-corrected chi connectivity index (χ3v) is 1.72. The first-order chi connectivity index (χ1) is 4.43. The zero-order valence-corrected chi connectivity index (χ0v) is 6.30. The Bertz CT molecular complexity index is 215. The predicted molar refractivity (Wildman–Crippen MR) is 41.9 cm³/mol. The van der Waals surface area contributed by atoms with Crippen molar-refractivity contribution < 1.29 is 0 Å². The minimum Gasteiger partial charge on any atom is -0.135 e. The molecule has 0 amide bonds. The van der Waals surface area contributed by atoms with E-state index in [0.29, 0.717) is 5.88 Å². The average molecular weight is 157 g/mol. The van der Waals surface area contributed by atoms with E-state index < -0.39 is 0 Å². The van der Waals surface area contributed by atoms with Crippen LogP contribution in [0.4, 0.5) is 0 Å². The van der Waals surface area contributed by atoms with Crippen LogP contribution < -0.4 is 0 Å². The van der Waals surface area contributed by atoms with E-state index in [1.165, 1.54) is 0 Å². The Morgan fingerprint density at radius 3 is 3.11 bits per heavy atom. The van der Waals surface area contributed by atoms with Crippen molar-refractivity contribution >= 4 is 22.9 Å². The van der Waals surface area contributed by atoms with E-state index in [-0.39, 0.29) is 0 Å². The van der Waals surface area contributed by atoms with Crippen LogP contribution in [-0.2, 0) is 0 Å². The zero-order chi connectivity index (χ0) is 6.53. The second kappa shape index (κ2) is 3.55. The summed E-state index contributed by atoms with van der Waals surface area (Å²) in [5.74, 6) is 6.10. The molecule has 46 valence electrons. The summed E-state index contributed by atoms with van der Waals surface area (Å²) < 4.78 is 0. The van der Waals surface area contributed by atoms with Gasteiger partial charge < -0.3 is 0 Å². The van der Waals surface area contributed by atoms with Gasteiger partial charge in [0.1, 0.15) is 0 Å². The summed E-state index contributed by atoms with van der Waals surface area (Å²) in [5, 5.41) is 2.00. The lowest BCUT2D eigenvalue weighted by Gasteiger charge is -1.71. The van der Waals surface area contributed by atoms with Crippen molar-refractivity contribution in [3.8, 4) is 11.8 Å². The molecule has 1 aromatic rings. The molecule has 0 spiro atoms. The molecule has 0 aliphatic carbocycles. The smallest absolute Gasteiger partial charge is 0.0839 e. The summed E-state index contributed by atoms with van der Waals surface area (Å²) in [6, 6.07) is 3.95. The van der Waals surface area contributed by atoms with E-state index in [9.17, 15) is 0 Å². The molecule has 0 atom stereocenters. The fourth-order valence-corrected chi connectivity index (χ4v) is 1.13. The van der Waals surface area contributed by atoms with Crippen LogP contribution in [0.1, 0.15) is 4.88 Å². The van der Waals surface area contributed by atoms with E-state index in [4.69, 9.17) is 11.6 Å². The second-order valence-corrected chi connectivity index (χ2v) is 2.63. The molecule has 0 saturated heterocycles.